The summed E-state index contributed by atoms with van der Waals surface area (Å²) in [6.45, 7) is 1.94. The van der Waals surface area contributed by atoms with Crippen molar-refractivity contribution in [2.24, 2.45) is 0 Å². The number of ether oxygens (including phenoxy) is 3. The van der Waals surface area contributed by atoms with Crippen LogP contribution in [0.1, 0.15) is 0 Å². The normalized spacial score (nSPS) is 10.2. The van der Waals surface area contributed by atoms with Crippen molar-refractivity contribution in [3.63, 3.8) is 0 Å². The molecule has 6 nitrogen and oxygen atoms in total. The topological polar surface area (TPSA) is 73.4 Å². The lowest BCUT2D eigenvalue weighted by molar-refractivity contribution is 0.0543. The summed E-state index contributed by atoms with van der Waals surface area (Å²) < 4.78 is 15.2. The molecule has 1 heterocycles. The molecule has 1 N–H and O–H groups in total. The monoisotopic (exact) mass is 214 g/mol. The number of nitrogens with zero attached hydrogens (tertiary/aromatic N) is 1. The Bertz CT molecular complexity index is 326. The molecule has 1 aromatic rings. The lowest BCUT2D eigenvalue weighted by Crippen LogP contribution is -2.12. The van der Waals surface area contributed by atoms with Gasteiger partial charge in [-0.15, -0.1) is 0 Å². The molecule has 0 radical (unpaired) electrons. The van der Waals surface area contributed by atoms with Crippen molar-refractivity contribution >= 4 is 0 Å². The van der Waals surface area contributed by atoms with Crippen LogP contribution < -0.4 is 10.3 Å². The van der Waals surface area contributed by atoms with E-state index in [1.54, 1.807) is 7.11 Å². The van der Waals surface area contributed by atoms with E-state index in [4.69, 9.17) is 14.2 Å². The molecule has 6 heteroatoms. The van der Waals surface area contributed by atoms with Gasteiger partial charge in [-0.05, 0) is 0 Å². The molecule has 0 aliphatic heterocycles. The van der Waals surface area contributed by atoms with Gasteiger partial charge in [-0.2, -0.15) is 5.10 Å². The third-order valence-corrected chi connectivity index (χ3v) is 1.57. The van der Waals surface area contributed by atoms with Gasteiger partial charge in [0.05, 0.1) is 26.0 Å². The lowest BCUT2D eigenvalue weighted by atomic mass is 10.5. The third-order valence-electron chi connectivity index (χ3n) is 1.57. The van der Waals surface area contributed by atoms with Gasteiger partial charge in [0.25, 0.3) is 5.56 Å². The fourth-order valence-electron chi connectivity index (χ4n) is 0.900. The fraction of sp³-hybridized carbons (Fsp3) is 0.556. The van der Waals surface area contributed by atoms with E-state index in [2.05, 4.69) is 10.2 Å². The summed E-state index contributed by atoms with van der Waals surface area (Å²) in [5, 5.41) is 5.85. The molecular formula is C9H14N2O4. The van der Waals surface area contributed by atoms with Crippen LogP contribution in [0, 0.1) is 0 Å². The van der Waals surface area contributed by atoms with Crippen molar-refractivity contribution < 1.29 is 14.2 Å². The first kappa shape index (κ1) is 11.7. The maximum Gasteiger partial charge on any atom is 0.267 e. The van der Waals surface area contributed by atoms with Crippen LogP contribution in [0.2, 0.25) is 0 Å². The summed E-state index contributed by atoms with van der Waals surface area (Å²) >= 11 is 0. The van der Waals surface area contributed by atoms with Crippen LogP contribution in [0.25, 0.3) is 0 Å². The van der Waals surface area contributed by atoms with Gasteiger partial charge in [0.1, 0.15) is 12.4 Å². The van der Waals surface area contributed by atoms with Crippen LogP contribution in [0.4, 0.5) is 0 Å². The Labute approximate surface area is 87.2 Å². The Morgan fingerprint density at radius 1 is 1.33 bits per heavy atom. The predicted molar refractivity (Wildman–Crippen MR) is 53.0 cm³/mol. The molecule has 0 saturated carbocycles. The molecule has 0 fully saturated rings. The van der Waals surface area contributed by atoms with Crippen LogP contribution in [0.15, 0.2) is 17.1 Å². The Balaban J connectivity index is 2.12. The first-order valence-electron chi connectivity index (χ1n) is 4.57. The molecule has 0 saturated heterocycles. The molecule has 84 valence electrons. The number of hydrogen-bond acceptors (Lipinski definition) is 5. The molecule has 0 atom stereocenters. The van der Waals surface area contributed by atoms with E-state index in [9.17, 15) is 4.79 Å². The summed E-state index contributed by atoms with van der Waals surface area (Å²) in [7, 11) is 1.61. The Morgan fingerprint density at radius 3 is 2.87 bits per heavy atom. The van der Waals surface area contributed by atoms with Crippen molar-refractivity contribution in [1.82, 2.24) is 10.2 Å². The van der Waals surface area contributed by atoms with E-state index < -0.39 is 0 Å². The zero-order valence-electron chi connectivity index (χ0n) is 8.56. The van der Waals surface area contributed by atoms with E-state index in [0.717, 1.165) is 0 Å². The molecule has 0 bridgehead atoms. The second-order valence-electron chi connectivity index (χ2n) is 2.73. The SMILES string of the molecule is COCCOCCOc1cn[nH]c(=O)c1. The van der Waals surface area contributed by atoms with Gasteiger partial charge < -0.3 is 14.2 Å². The lowest BCUT2D eigenvalue weighted by Gasteiger charge is -2.05. The molecule has 1 aromatic heterocycles. The van der Waals surface area contributed by atoms with Crippen LogP contribution in [0.3, 0.4) is 0 Å². The maximum atomic E-state index is 10.8. The number of aromatic amines is 1. The smallest absolute Gasteiger partial charge is 0.267 e. The number of methoxy groups -OCH3 is 1. The standard InChI is InChI=1S/C9H14N2O4/c1-13-2-3-14-4-5-15-8-6-9(12)11-10-7-8/h6-7H,2-5H2,1H3,(H,11,12). The minimum atomic E-state index is -0.284. The van der Waals surface area contributed by atoms with Gasteiger partial charge in [-0.3, -0.25) is 4.79 Å². The summed E-state index contributed by atoms with van der Waals surface area (Å²) in [4.78, 5) is 10.8. The molecule has 0 aliphatic rings. The van der Waals surface area contributed by atoms with Gasteiger partial charge in [0, 0.05) is 13.2 Å². The highest BCUT2D eigenvalue weighted by atomic mass is 16.5. The summed E-state index contributed by atoms with van der Waals surface area (Å²) in [5.41, 5.74) is -0.284. The highest BCUT2D eigenvalue weighted by Crippen LogP contribution is 2.01. The van der Waals surface area contributed by atoms with E-state index >= 15 is 0 Å². The third kappa shape index (κ3) is 5.14. The molecule has 0 unspecified atom stereocenters. The van der Waals surface area contributed by atoms with Crippen molar-refractivity contribution in [2.45, 2.75) is 0 Å². The number of hydrogen-bond donors (Lipinski definition) is 1. The number of nitrogens with one attached hydrogen (secondary N) is 1. The first-order chi connectivity index (χ1) is 7.33. The van der Waals surface area contributed by atoms with E-state index in [0.29, 0.717) is 32.2 Å². The van der Waals surface area contributed by atoms with Crippen LogP contribution in [0.5, 0.6) is 5.75 Å². The molecular weight excluding hydrogens is 200 g/mol. The quantitative estimate of drug-likeness (QED) is 0.637. The Morgan fingerprint density at radius 2 is 2.13 bits per heavy atom. The average molecular weight is 214 g/mol. The van der Waals surface area contributed by atoms with Crippen LogP contribution in [-0.2, 0) is 9.47 Å². The van der Waals surface area contributed by atoms with Gasteiger partial charge in [0.2, 0.25) is 0 Å². The minimum absolute atomic E-state index is 0.284. The first-order valence-corrected chi connectivity index (χ1v) is 4.57. The maximum absolute atomic E-state index is 10.8. The zero-order valence-corrected chi connectivity index (χ0v) is 8.56. The van der Waals surface area contributed by atoms with Crippen LogP contribution >= 0.6 is 0 Å². The second-order valence-corrected chi connectivity index (χ2v) is 2.73. The number of H-pyrrole nitrogens is 1. The molecule has 0 spiro atoms. The number of aromatic nitrogens is 2. The molecule has 0 amide bonds. The second kappa shape index (κ2) is 6.97. The van der Waals surface area contributed by atoms with Gasteiger partial charge >= 0.3 is 0 Å². The summed E-state index contributed by atoms with van der Waals surface area (Å²) in [6.07, 6.45) is 1.44. The van der Waals surface area contributed by atoms with E-state index in [-0.39, 0.29) is 5.56 Å². The fourth-order valence-corrected chi connectivity index (χ4v) is 0.900. The van der Waals surface area contributed by atoms with E-state index in [1.807, 2.05) is 0 Å². The molecule has 0 aliphatic carbocycles. The van der Waals surface area contributed by atoms with Gasteiger partial charge in [-0.25, -0.2) is 5.10 Å². The average Bonchev–Trinajstić information content (AvgIpc) is 2.23. The highest BCUT2D eigenvalue weighted by Gasteiger charge is 1.94. The van der Waals surface area contributed by atoms with Crippen molar-refractivity contribution in [3.8, 4) is 5.75 Å². The van der Waals surface area contributed by atoms with Crippen molar-refractivity contribution in [2.75, 3.05) is 33.5 Å². The number of rotatable bonds is 7. The minimum Gasteiger partial charge on any atom is -0.489 e. The van der Waals surface area contributed by atoms with Crippen LogP contribution in [-0.4, -0.2) is 43.7 Å². The Hall–Kier alpha value is -1.40. The van der Waals surface area contributed by atoms with Crippen molar-refractivity contribution in [3.05, 3.63) is 22.6 Å². The molecule has 0 aromatic carbocycles. The molecule has 15 heavy (non-hydrogen) atoms. The summed E-state index contributed by atoms with van der Waals surface area (Å²) in [5.74, 6) is 0.439. The molecule has 1 rings (SSSR count). The predicted octanol–water partition coefficient (Wildman–Crippen LogP) is -0.188. The summed E-state index contributed by atoms with van der Waals surface area (Å²) in [6, 6.07) is 1.34. The zero-order chi connectivity index (χ0) is 10.9. The van der Waals surface area contributed by atoms with Crippen molar-refractivity contribution in [1.29, 1.82) is 0 Å². The highest BCUT2D eigenvalue weighted by molar-refractivity contribution is 5.12. The van der Waals surface area contributed by atoms with Gasteiger partial charge in [-0.1, -0.05) is 0 Å². The largest absolute Gasteiger partial charge is 0.489 e. The van der Waals surface area contributed by atoms with E-state index in [1.165, 1.54) is 12.3 Å². The Kier molecular flexibility index (Phi) is 5.42. The van der Waals surface area contributed by atoms with Gasteiger partial charge in [0.15, 0.2) is 0 Å².